The number of amides is 1. The largest absolute Gasteiger partial charge is 0.508 e. The summed E-state index contributed by atoms with van der Waals surface area (Å²) in [4.78, 5) is 11.1. The van der Waals surface area contributed by atoms with Gasteiger partial charge in [-0.05, 0) is 30.7 Å². The normalized spacial score (nSPS) is 20.4. The van der Waals surface area contributed by atoms with Gasteiger partial charge in [-0.2, -0.15) is 0 Å². The predicted molar refractivity (Wildman–Crippen MR) is 51.4 cm³/mol. The number of phenolic OH excluding ortho intramolecular Hbond substituents is 1. The molecule has 0 radical (unpaired) electrons. The van der Waals surface area contributed by atoms with Crippen LogP contribution in [0.1, 0.15) is 12.5 Å². The number of phenols is 1. The Morgan fingerprint density at radius 2 is 2.36 bits per heavy atom. The standard InChI is InChI=1S/C10H11NO3/c1-6-4-7-5-8(12)2-3-9(7)11-10(13)14-6/h2-3,5-6,12H,4H2,1H3,(H,11,13). The number of hydrogen-bond acceptors (Lipinski definition) is 3. The monoisotopic (exact) mass is 193 g/mol. The molecule has 4 nitrogen and oxygen atoms in total. The summed E-state index contributed by atoms with van der Waals surface area (Å²) >= 11 is 0. The highest BCUT2D eigenvalue weighted by Crippen LogP contribution is 2.25. The molecular weight excluding hydrogens is 182 g/mol. The lowest BCUT2D eigenvalue weighted by Crippen LogP contribution is -2.17. The summed E-state index contributed by atoms with van der Waals surface area (Å²) in [6, 6.07) is 4.85. The third-order valence-corrected chi connectivity index (χ3v) is 2.14. The van der Waals surface area contributed by atoms with E-state index in [2.05, 4.69) is 5.32 Å². The van der Waals surface area contributed by atoms with Gasteiger partial charge in [-0.1, -0.05) is 0 Å². The molecule has 0 aromatic heterocycles. The van der Waals surface area contributed by atoms with Crippen LogP contribution >= 0.6 is 0 Å². The summed E-state index contributed by atoms with van der Waals surface area (Å²) in [5.74, 6) is 0.201. The van der Waals surface area contributed by atoms with Gasteiger partial charge in [0.05, 0.1) is 0 Å². The highest BCUT2D eigenvalue weighted by molar-refractivity contribution is 5.86. The minimum Gasteiger partial charge on any atom is -0.508 e. The number of rotatable bonds is 0. The van der Waals surface area contributed by atoms with Crippen molar-refractivity contribution in [2.75, 3.05) is 5.32 Å². The molecule has 0 aliphatic carbocycles. The molecule has 14 heavy (non-hydrogen) atoms. The molecule has 1 aromatic rings. The van der Waals surface area contributed by atoms with Crippen molar-refractivity contribution in [2.24, 2.45) is 0 Å². The fourth-order valence-corrected chi connectivity index (χ4v) is 1.54. The molecule has 1 amide bonds. The summed E-state index contributed by atoms with van der Waals surface area (Å²) < 4.78 is 5.00. The smallest absolute Gasteiger partial charge is 0.411 e. The fourth-order valence-electron chi connectivity index (χ4n) is 1.54. The number of benzene rings is 1. The Kier molecular flexibility index (Phi) is 2.04. The first-order valence-electron chi connectivity index (χ1n) is 4.44. The van der Waals surface area contributed by atoms with Crippen LogP contribution in [-0.2, 0) is 11.2 Å². The molecule has 1 aliphatic rings. The van der Waals surface area contributed by atoms with Gasteiger partial charge in [-0.3, -0.25) is 5.32 Å². The zero-order chi connectivity index (χ0) is 10.1. The number of fused-ring (bicyclic) bond motifs is 1. The summed E-state index contributed by atoms with van der Waals surface area (Å²) in [6.07, 6.45) is 0.00244. The maximum atomic E-state index is 11.1. The zero-order valence-corrected chi connectivity index (χ0v) is 7.78. The van der Waals surface area contributed by atoms with E-state index in [9.17, 15) is 9.90 Å². The van der Waals surface area contributed by atoms with E-state index in [1.807, 2.05) is 6.92 Å². The van der Waals surface area contributed by atoms with E-state index in [-0.39, 0.29) is 11.9 Å². The van der Waals surface area contributed by atoms with Crippen LogP contribution in [0, 0.1) is 0 Å². The molecule has 0 fully saturated rings. The number of anilines is 1. The molecule has 1 unspecified atom stereocenters. The quantitative estimate of drug-likeness (QED) is 0.618. The van der Waals surface area contributed by atoms with E-state index in [4.69, 9.17) is 4.74 Å². The summed E-state index contributed by atoms with van der Waals surface area (Å²) in [5, 5.41) is 11.9. The first-order valence-corrected chi connectivity index (χ1v) is 4.44. The van der Waals surface area contributed by atoms with Gasteiger partial charge in [0.2, 0.25) is 0 Å². The van der Waals surface area contributed by atoms with Gasteiger partial charge in [0.15, 0.2) is 0 Å². The van der Waals surface area contributed by atoms with Crippen molar-refractivity contribution < 1.29 is 14.6 Å². The second-order valence-corrected chi connectivity index (χ2v) is 3.39. The van der Waals surface area contributed by atoms with E-state index < -0.39 is 6.09 Å². The Morgan fingerprint density at radius 3 is 3.14 bits per heavy atom. The molecule has 1 aromatic carbocycles. The molecule has 2 rings (SSSR count). The maximum Gasteiger partial charge on any atom is 0.411 e. The molecule has 0 bridgehead atoms. The summed E-state index contributed by atoms with van der Waals surface area (Å²) in [7, 11) is 0. The SMILES string of the molecule is CC1Cc2cc(O)ccc2NC(=O)O1. The Hall–Kier alpha value is -1.71. The summed E-state index contributed by atoms with van der Waals surface area (Å²) in [6.45, 7) is 1.82. The molecule has 4 heteroatoms. The van der Waals surface area contributed by atoms with Crippen LogP contribution in [0.4, 0.5) is 10.5 Å². The molecule has 74 valence electrons. The van der Waals surface area contributed by atoms with Crippen molar-refractivity contribution in [3.8, 4) is 5.75 Å². The first-order chi connectivity index (χ1) is 6.65. The van der Waals surface area contributed by atoms with Crippen molar-refractivity contribution >= 4 is 11.8 Å². The van der Waals surface area contributed by atoms with Crippen LogP contribution in [0.15, 0.2) is 18.2 Å². The number of ether oxygens (including phenoxy) is 1. The van der Waals surface area contributed by atoms with Crippen LogP contribution in [0.2, 0.25) is 0 Å². The molecule has 0 saturated heterocycles. The second-order valence-electron chi connectivity index (χ2n) is 3.39. The molecule has 1 heterocycles. The molecule has 1 atom stereocenters. The third-order valence-electron chi connectivity index (χ3n) is 2.14. The number of aromatic hydroxyl groups is 1. The minimum absolute atomic E-state index is 0.168. The van der Waals surface area contributed by atoms with Crippen LogP contribution in [0.5, 0.6) is 5.75 Å². The van der Waals surface area contributed by atoms with E-state index >= 15 is 0 Å². The van der Waals surface area contributed by atoms with Gasteiger partial charge < -0.3 is 9.84 Å². The zero-order valence-electron chi connectivity index (χ0n) is 7.78. The number of cyclic esters (lactones) is 1. The van der Waals surface area contributed by atoms with Crippen molar-refractivity contribution in [2.45, 2.75) is 19.4 Å². The van der Waals surface area contributed by atoms with Crippen LogP contribution in [-0.4, -0.2) is 17.3 Å². The second kappa shape index (κ2) is 3.21. The van der Waals surface area contributed by atoms with Crippen LogP contribution in [0.25, 0.3) is 0 Å². The van der Waals surface area contributed by atoms with Gasteiger partial charge >= 0.3 is 6.09 Å². The Bertz CT molecular complexity index is 376. The molecule has 2 N–H and O–H groups in total. The summed E-state index contributed by atoms with van der Waals surface area (Å²) in [5.41, 5.74) is 1.60. The molecular formula is C10H11NO3. The van der Waals surface area contributed by atoms with Gasteiger partial charge in [-0.15, -0.1) is 0 Å². The van der Waals surface area contributed by atoms with Crippen molar-refractivity contribution in [1.29, 1.82) is 0 Å². The van der Waals surface area contributed by atoms with Crippen molar-refractivity contribution in [1.82, 2.24) is 0 Å². The van der Waals surface area contributed by atoms with Crippen LogP contribution in [0.3, 0.4) is 0 Å². The minimum atomic E-state index is -0.443. The van der Waals surface area contributed by atoms with E-state index in [0.717, 1.165) is 5.56 Å². The van der Waals surface area contributed by atoms with E-state index in [1.54, 1.807) is 12.1 Å². The number of carbonyl (C=O) groups is 1. The maximum absolute atomic E-state index is 11.1. The average Bonchev–Trinajstić information content (AvgIpc) is 2.21. The van der Waals surface area contributed by atoms with Gasteiger partial charge in [0.25, 0.3) is 0 Å². The first kappa shape index (κ1) is 8.87. The highest BCUT2D eigenvalue weighted by Gasteiger charge is 2.18. The highest BCUT2D eigenvalue weighted by atomic mass is 16.6. The lowest BCUT2D eigenvalue weighted by molar-refractivity contribution is 0.123. The fraction of sp³-hybridized carbons (Fsp3) is 0.300. The third kappa shape index (κ3) is 1.64. The van der Waals surface area contributed by atoms with Crippen molar-refractivity contribution in [3.05, 3.63) is 23.8 Å². The van der Waals surface area contributed by atoms with Crippen LogP contribution < -0.4 is 5.32 Å². The molecule has 0 saturated carbocycles. The lowest BCUT2D eigenvalue weighted by Gasteiger charge is -2.07. The Balaban J connectivity index is 2.41. The Labute approximate surface area is 81.5 Å². The topological polar surface area (TPSA) is 58.6 Å². The number of carbonyl (C=O) groups excluding carboxylic acids is 1. The van der Waals surface area contributed by atoms with E-state index in [0.29, 0.717) is 12.1 Å². The average molecular weight is 193 g/mol. The molecule has 1 aliphatic heterocycles. The van der Waals surface area contributed by atoms with Gasteiger partial charge in [0.1, 0.15) is 11.9 Å². The molecule has 0 spiro atoms. The van der Waals surface area contributed by atoms with Gasteiger partial charge in [0, 0.05) is 12.1 Å². The van der Waals surface area contributed by atoms with Gasteiger partial charge in [-0.25, -0.2) is 4.79 Å². The van der Waals surface area contributed by atoms with Crippen molar-refractivity contribution in [3.63, 3.8) is 0 Å². The Morgan fingerprint density at radius 1 is 1.57 bits per heavy atom. The number of hydrogen-bond donors (Lipinski definition) is 2. The van der Waals surface area contributed by atoms with E-state index in [1.165, 1.54) is 6.07 Å². The number of nitrogens with one attached hydrogen (secondary N) is 1. The predicted octanol–water partition coefficient (Wildman–Crippen LogP) is 1.89. The lowest BCUT2D eigenvalue weighted by atomic mass is 10.1.